The molecule has 7 nitrogen and oxygen atoms in total. The standard InChI is InChI=1S/C12H19N3O4S/c1-9-13-6-11(12(16)17)15(9)8-10-4-3-5-14(7-10)20(2,18)19/h6,10H,3-5,7-8H2,1-2H3,(H,16,17). The van der Waals surface area contributed by atoms with Gasteiger partial charge in [-0.05, 0) is 25.7 Å². The summed E-state index contributed by atoms with van der Waals surface area (Å²) in [6.45, 7) is 3.22. The van der Waals surface area contributed by atoms with Gasteiger partial charge in [-0.15, -0.1) is 0 Å². The number of nitrogens with zero attached hydrogens (tertiary/aromatic N) is 3. The van der Waals surface area contributed by atoms with E-state index in [2.05, 4.69) is 4.98 Å². The second-order valence-corrected chi connectivity index (χ2v) is 7.22. The molecule has 1 unspecified atom stereocenters. The normalized spacial score (nSPS) is 21.0. The Kier molecular flexibility index (Phi) is 4.14. The number of imidazole rings is 1. The minimum absolute atomic E-state index is 0.115. The fraction of sp³-hybridized carbons (Fsp3) is 0.667. The number of carboxylic acid groups (broad SMARTS) is 1. The van der Waals surface area contributed by atoms with Crippen molar-refractivity contribution in [1.82, 2.24) is 13.9 Å². The molecule has 0 aromatic carbocycles. The van der Waals surface area contributed by atoms with Crippen LogP contribution in [0.1, 0.15) is 29.2 Å². The fourth-order valence-electron chi connectivity index (χ4n) is 2.60. The predicted molar refractivity (Wildman–Crippen MR) is 73.1 cm³/mol. The number of carbonyl (C=O) groups is 1. The topological polar surface area (TPSA) is 92.5 Å². The number of hydrogen-bond donors (Lipinski definition) is 1. The quantitative estimate of drug-likeness (QED) is 0.877. The van der Waals surface area contributed by atoms with Crippen LogP contribution in [0.5, 0.6) is 0 Å². The average Bonchev–Trinajstić information content (AvgIpc) is 2.70. The van der Waals surface area contributed by atoms with Gasteiger partial charge in [-0.2, -0.15) is 0 Å². The smallest absolute Gasteiger partial charge is 0.354 e. The molecule has 112 valence electrons. The van der Waals surface area contributed by atoms with Gasteiger partial charge < -0.3 is 9.67 Å². The van der Waals surface area contributed by atoms with Crippen LogP contribution in [0.15, 0.2) is 6.20 Å². The number of carboxylic acids is 1. The van der Waals surface area contributed by atoms with E-state index >= 15 is 0 Å². The third-order valence-corrected chi connectivity index (χ3v) is 4.94. The molecule has 2 heterocycles. The number of rotatable bonds is 4. The lowest BCUT2D eigenvalue weighted by Gasteiger charge is -2.31. The molecule has 0 bridgehead atoms. The van der Waals surface area contributed by atoms with Crippen LogP contribution in [-0.2, 0) is 16.6 Å². The molecule has 1 saturated heterocycles. The summed E-state index contributed by atoms with van der Waals surface area (Å²) in [5, 5.41) is 9.12. The van der Waals surface area contributed by atoms with Crippen molar-refractivity contribution in [1.29, 1.82) is 0 Å². The average molecular weight is 301 g/mol. The maximum absolute atomic E-state index is 11.6. The van der Waals surface area contributed by atoms with Crippen molar-refractivity contribution in [2.75, 3.05) is 19.3 Å². The van der Waals surface area contributed by atoms with Gasteiger partial charge in [0.1, 0.15) is 11.5 Å². The Labute approximate surface area is 118 Å². The van der Waals surface area contributed by atoms with Gasteiger partial charge in [0.05, 0.1) is 12.5 Å². The number of aromatic carboxylic acids is 1. The SMILES string of the molecule is Cc1ncc(C(=O)O)n1CC1CCCN(S(C)(=O)=O)C1. The van der Waals surface area contributed by atoms with E-state index in [1.807, 2.05) is 0 Å². The Morgan fingerprint density at radius 3 is 2.85 bits per heavy atom. The van der Waals surface area contributed by atoms with E-state index < -0.39 is 16.0 Å². The van der Waals surface area contributed by atoms with Gasteiger partial charge in [-0.3, -0.25) is 0 Å². The summed E-state index contributed by atoms with van der Waals surface area (Å²) in [6.07, 6.45) is 4.24. The lowest BCUT2D eigenvalue weighted by Crippen LogP contribution is -2.40. The molecular formula is C12H19N3O4S. The lowest BCUT2D eigenvalue weighted by molar-refractivity contribution is 0.0682. The van der Waals surface area contributed by atoms with Gasteiger partial charge in [-0.1, -0.05) is 0 Å². The number of piperidine rings is 1. The molecule has 0 aliphatic carbocycles. The molecule has 0 saturated carbocycles. The lowest BCUT2D eigenvalue weighted by atomic mass is 9.99. The Morgan fingerprint density at radius 2 is 2.25 bits per heavy atom. The Balaban J connectivity index is 2.14. The van der Waals surface area contributed by atoms with Gasteiger partial charge in [0.2, 0.25) is 10.0 Å². The van der Waals surface area contributed by atoms with Crippen LogP contribution in [0, 0.1) is 12.8 Å². The van der Waals surface area contributed by atoms with Crippen molar-refractivity contribution in [2.24, 2.45) is 5.92 Å². The van der Waals surface area contributed by atoms with Crippen LogP contribution in [0.25, 0.3) is 0 Å². The molecule has 1 fully saturated rings. The highest BCUT2D eigenvalue weighted by Gasteiger charge is 2.27. The highest BCUT2D eigenvalue weighted by atomic mass is 32.2. The van der Waals surface area contributed by atoms with E-state index in [1.165, 1.54) is 16.8 Å². The third kappa shape index (κ3) is 3.18. The van der Waals surface area contributed by atoms with Crippen LogP contribution in [-0.4, -0.2) is 52.7 Å². The van der Waals surface area contributed by atoms with Gasteiger partial charge in [0, 0.05) is 19.6 Å². The zero-order valence-corrected chi connectivity index (χ0v) is 12.4. The summed E-state index contributed by atoms with van der Waals surface area (Å²) >= 11 is 0. The number of aryl methyl sites for hydroxylation is 1. The van der Waals surface area contributed by atoms with Crippen LogP contribution in [0.2, 0.25) is 0 Å². The molecule has 1 atom stereocenters. The van der Waals surface area contributed by atoms with Crippen LogP contribution in [0.3, 0.4) is 0 Å². The first kappa shape index (κ1) is 15.0. The van der Waals surface area contributed by atoms with Crippen molar-refractivity contribution >= 4 is 16.0 Å². The maximum Gasteiger partial charge on any atom is 0.354 e. The van der Waals surface area contributed by atoms with Crippen molar-refractivity contribution in [3.63, 3.8) is 0 Å². The number of hydrogen-bond acceptors (Lipinski definition) is 4. The van der Waals surface area contributed by atoms with Gasteiger partial charge in [0.15, 0.2) is 0 Å². The minimum atomic E-state index is -3.18. The summed E-state index contributed by atoms with van der Waals surface area (Å²) in [6, 6.07) is 0. The highest BCUT2D eigenvalue weighted by molar-refractivity contribution is 7.88. The second-order valence-electron chi connectivity index (χ2n) is 5.24. The molecule has 0 amide bonds. The number of aromatic nitrogens is 2. The first-order valence-corrected chi connectivity index (χ1v) is 8.34. The fourth-order valence-corrected chi connectivity index (χ4v) is 3.55. The van der Waals surface area contributed by atoms with Crippen molar-refractivity contribution < 1.29 is 18.3 Å². The summed E-state index contributed by atoms with van der Waals surface area (Å²) in [5.41, 5.74) is 0.152. The maximum atomic E-state index is 11.6. The van der Waals surface area contributed by atoms with Crippen LogP contribution >= 0.6 is 0 Å². The van der Waals surface area contributed by atoms with Gasteiger partial charge in [0.25, 0.3) is 0 Å². The second kappa shape index (κ2) is 5.53. The van der Waals surface area contributed by atoms with E-state index in [4.69, 9.17) is 5.11 Å². The first-order chi connectivity index (χ1) is 9.29. The highest BCUT2D eigenvalue weighted by Crippen LogP contribution is 2.21. The monoisotopic (exact) mass is 301 g/mol. The molecule has 2 rings (SSSR count). The molecule has 1 aliphatic rings. The van der Waals surface area contributed by atoms with E-state index in [-0.39, 0.29) is 11.6 Å². The van der Waals surface area contributed by atoms with E-state index in [9.17, 15) is 13.2 Å². The molecule has 1 aromatic rings. The van der Waals surface area contributed by atoms with Gasteiger partial charge in [-0.25, -0.2) is 22.5 Å². The zero-order chi connectivity index (χ0) is 14.9. The van der Waals surface area contributed by atoms with E-state index in [0.29, 0.717) is 25.5 Å². The van der Waals surface area contributed by atoms with Crippen molar-refractivity contribution in [2.45, 2.75) is 26.3 Å². The molecule has 1 aromatic heterocycles. The molecule has 0 spiro atoms. The summed E-state index contributed by atoms with van der Waals surface area (Å²) in [5.74, 6) is -0.260. The Hall–Kier alpha value is -1.41. The van der Waals surface area contributed by atoms with Crippen LogP contribution in [0.4, 0.5) is 0 Å². The first-order valence-electron chi connectivity index (χ1n) is 6.49. The van der Waals surface area contributed by atoms with E-state index in [1.54, 1.807) is 11.5 Å². The summed E-state index contributed by atoms with van der Waals surface area (Å²) in [7, 11) is -3.18. The zero-order valence-electron chi connectivity index (χ0n) is 11.6. The molecule has 0 radical (unpaired) electrons. The minimum Gasteiger partial charge on any atom is -0.477 e. The molecular weight excluding hydrogens is 282 g/mol. The van der Waals surface area contributed by atoms with Crippen molar-refractivity contribution in [3.05, 3.63) is 17.7 Å². The molecule has 1 N–H and O–H groups in total. The van der Waals surface area contributed by atoms with E-state index in [0.717, 1.165) is 12.8 Å². The number of sulfonamides is 1. The van der Waals surface area contributed by atoms with Crippen LogP contribution < -0.4 is 0 Å². The molecule has 8 heteroatoms. The summed E-state index contributed by atoms with van der Waals surface area (Å²) in [4.78, 5) is 15.2. The Morgan fingerprint density at radius 1 is 1.55 bits per heavy atom. The van der Waals surface area contributed by atoms with Crippen molar-refractivity contribution in [3.8, 4) is 0 Å². The third-order valence-electron chi connectivity index (χ3n) is 3.67. The molecule has 1 aliphatic heterocycles. The molecule has 20 heavy (non-hydrogen) atoms. The Bertz CT molecular complexity index is 608. The summed E-state index contributed by atoms with van der Waals surface area (Å²) < 4.78 is 26.3. The van der Waals surface area contributed by atoms with Gasteiger partial charge >= 0.3 is 5.97 Å². The largest absolute Gasteiger partial charge is 0.477 e. The predicted octanol–water partition coefficient (Wildman–Crippen LogP) is 0.561.